The van der Waals surface area contributed by atoms with E-state index in [4.69, 9.17) is 9.15 Å². The monoisotopic (exact) mass is 445 g/mol. The molecule has 0 spiro atoms. The Morgan fingerprint density at radius 3 is 2.40 bits per heavy atom. The van der Waals surface area contributed by atoms with E-state index in [0.717, 1.165) is 35.6 Å². The van der Waals surface area contributed by atoms with Crippen molar-refractivity contribution in [3.8, 4) is 5.75 Å². The highest BCUT2D eigenvalue weighted by atomic mass is 32.2. The second-order valence-corrected chi connectivity index (χ2v) is 8.75. The third-order valence-corrected chi connectivity index (χ3v) is 6.51. The Labute approximate surface area is 173 Å². The zero-order chi connectivity index (χ0) is 21.3. The number of ether oxygens (including phenoxy) is 1. The first-order chi connectivity index (χ1) is 14.3. The lowest BCUT2D eigenvalue weighted by Crippen LogP contribution is -2.39. The fraction of sp³-hybridized carbons (Fsp3) is 0. The largest absolute Gasteiger partial charge is 0.434 e. The van der Waals surface area contributed by atoms with E-state index in [2.05, 4.69) is 0 Å². The Balaban J connectivity index is 1.83. The lowest BCUT2D eigenvalue weighted by molar-refractivity contribution is 0.211. The minimum Gasteiger partial charge on any atom is -0.414 e. The first kappa shape index (κ1) is 19.8. The van der Waals surface area contributed by atoms with Gasteiger partial charge in [-0.1, -0.05) is 29.5 Å². The summed E-state index contributed by atoms with van der Waals surface area (Å²) in [5.74, 6) is -0.493. The van der Waals surface area contributed by atoms with Gasteiger partial charge < -0.3 is 9.15 Å². The molecular weight excluding hydrogens is 433 g/mol. The number of halogens is 1. The summed E-state index contributed by atoms with van der Waals surface area (Å²) in [6, 6.07) is 16.0. The van der Waals surface area contributed by atoms with Gasteiger partial charge in [-0.05, 0) is 54.6 Å². The minimum atomic E-state index is -4.46. The lowest BCUT2D eigenvalue weighted by Gasteiger charge is -2.22. The van der Waals surface area contributed by atoms with Crippen LogP contribution in [0.1, 0.15) is 0 Å². The van der Waals surface area contributed by atoms with Crippen LogP contribution in [-0.4, -0.2) is 14.5 Å². The Morgan fingerprint density at radius 1 is 1.00 bits per heavy atom. The lowest BCUT2D eigenvalue weighted by atomic mass is 10.3. The fourth-order valence-corrected chi connectivity index (χ4v) is 4.69. The number of anilines is 1. The first-order valence-corrected chi connectivity index (χ1v) is 10.7. The first-order valence-electron chi connectivity index (χ1n) is 8.46. The molecule has 1 amide bonds. The summed E-state index contributed by atoms with van der Waals surface area (Å²) in [4.78, 5) is 23.5. The molecule has 0 N–H and O–H groups in total. The molecule has 0 aliphatic rings. The number of fused-ring (bicyclic) bond motifs is 1. The SMILES string of the molecule is O=C(Oc1ccccc1)N(c1ccc2oc(=O)sc2c1)S(=O)(=O)c1ccc(F)cc1. The molecule has 4 rings (SSSR count). The van der Waals surface area contributed by atoms with Crippen LogP contribution in [0.3, 0.4) is 0 Å². The fourth-order valence-electron chi connectivity index (χ4n) is 2.67. The van der Waals surface area contributed by atoms with E-state index in [-0.39, 0.29) is 21.9 Å². The third kappa shape index (κ3) is 3.82. The van der Waals surface area contributed by atoms with Gasteiger partial charge in [0.25, 0.3) is 10.0 Å². The van der Waals surface area contributed by atoms with Crippen molar-refractivity contribution in [2.24, 2.45) is 0 Å². The van der Waals surface area contributed by atoms with Crippen molar-refractivity contribution in [3.05, 3.63) is 88.3 Å². The van der Waals surface area contributed by atoms with Gasteiger partial charge in [0.15, 0.2) is 0 Å². The molecule has 1 aromatic heterocycles. The van der Waals surface area contributed by atoms with Crippen LogP contribution in [0, 0.1) is 5.82 Å². The Kier molecular flexibility index (Phi) is 5.10. The predicted octanol–water partition coefficient (Wildman–Crippen LogP) is 4.39. The third-order valence-electron chi connectivity index (χ3n) is 4.01. The Bertz CT molecular complexity index is 1380. The molecule has 0 atom stereocenters. The topological polar surface area (TPSA) is 93.9 Å². The highest BCUT2D eigenvalue weighted by molar-refractivity contribution is 7.93. The molecule has 1 heterocycles. The maximum absolute atomic E-state index is 13.3. The number of hydrogen-bond acceptors (Lipinski definition) is 7. The van der Waals surface area contributed by atoms with Crippen molar-refractivity contribution in [2.45, 2.75) is 4.90 Å². The number of amides is 1. The van der Waals surface area contributed by atoms with Gasteiger partial charge in [0, 0.05) is 0 Å². The van der Waals surface area contributed by atoms with Gasteiger partial charge in [-0.2, -0.15) is 4.31 Å². The van der Waals surface area contributed by atoms with Crippen molar-refractivity contribution in [3.63, 3.8) is 0 Å². The van der Waals surface area contributed by atoms with Crippen LogP contribution in [-0.2, 0) is 10.0 Å². The van der Waals surface area contributed by atoms with Gasteiger partial charge in [0.1, 0.15) is 17.1 Å². The second-order valence-electron chi connectivity index (χ2n) is 5.99. The van der Waals surface area contributed by atoms with Crippen LogP contribution in [0.2, 0.25) is 0 Å². The van der Waals surface area contributed by atoms with Gasteiger partial charge in [0.05, 0.1) is 15.3 Å². The van der Waals surface area contributed by atoms with Crippen LogP contribution < -0.4 is 14.0 Å². The molecule has 0 saturated heterocycles. The van der Waals surface area contributed by atoms with Crippen molar-refractivity contribution in [1.29, 1.82) is 0 Å². The molecular formula is C20H12FNO6S2. The minimum absolute atomic E-state index is 0.0650. The van der Waals surface area contributed by atoms with Gasteiger partial charge in [-0.3, -0.25) is 0 Å². The summed E-state index contributed by atoms with van der Waals surface area (Å²) in [7, 11) is -4.46. The zero-order valence-corrected chi connectivity index (χ0v) is 16.7. The van der Waals surface area contributed by atoms with E-state index in [1.54, 1.807) is 18.2 Å². The standard InChI is InChI=1S/C20H12FNO6S2/c21-13-6-9-16(10-7-13)30(25,26)22(19(23)27-15-4-2-1-3-5-15)14-8-11-17-18(12-14)29-20(24)28-17/h1-12H. The highest BCUT2D eigenvalue weighted by Gasteiger charge is 2.33. The number of rotatable bonds is 4. The van der Waals surface area contributed by atoms with E-state index >= 15 is 0 Å². The molecule has 10 heteroatoms. The molecule has 0 fully saturated rings. The van der Waals surface area contributed by atoms with Crippen LogP contribution in [0.15, 0.2) is 86.9 Å². The Hall–Kier alpha value is -3.50. The Morgan fingerprint density at radius 2 is 1.70 bits per heavy atom. The van der Waals surface area contributed by atoms with Crippen LogP contribution in [0.5, 0.6) is 5.75 Å². The summed E-state index contributed by atoms with van der Waals surface area (Å²) in [5.41, 5.74) is 0.189. The number of para-hydroxylation sites is 1. The summed E-state index contributed by atoms with van der Waals surface area (Å²) in [5, 5.41) is 0. The van der Waals surface area contributed by atoms with Gasteiger partial charge >= 0.3 is 11.0 Å². The molecule has 7 nitrogen and oxygen atoms in total. The van der Waals surface area contributed by atoms with E-state index in [9.17, 15) is 22.4 Å². The van der Waals surface area contributed by atoms with Crippen LogP contribution in [0.4, 0.5) is 14.9 Å². The zero-order valence-electron chi connectivity index (χ0n) is 15.0. The summed E-state index contributed by atoms with van der Waals surface area (Å²) in [6.45, 7) is 0. The maximum Gasteiger partial charge on any atom is 0.434 e. The van der Waals surface area contributed by atoms with Crippen LogP contribution >= 0.6 is 11.3 Å². The normalized spacial score (nSPS) is 11.4. The number of nitrogens with zero attached hydrogens (tertiary/aromatic N) is 1. The predicted molar refractivity (Wildman–Crippen MR) is 109 cm³/mol. The van der Waals surface area contributed by atoms with E-state index < -0.39 is 26.9 Å². The molecule has 0 aliphatic heterocycles. The number of hydrogen-bond donors (Lipinski definition) is 0. The van der Waals surface area contributed by atoms with Gasteiger partial charge in [-0.15, -0.1) is 0 Å². The van der Waals surface area contributed by atoms with Crippen molar-refractivity contribution < 1.29 is 26.8 Å². The molecule has 30 heavy (non-hydrogen) atoms. The summed E-state index contributed by atoms with van der Waals surface area (Å²) >= 11 is 0.762. The summed E-state index contributed by atoms with van der Waals surface area (Å²) in [6.07, 6.45) is -1.19. The number of carbonyl (C=O) groups excluding carboxylic acids is 1. The van der Waals surface area contributed by atoms with E-state index in [1.807, 2.05) is 0 Å². The number of sulfonamides is 1. The molecule has 4 aromatic rings. The van der Waals surface area contributed by atoms with E-state index in [1.165, 1.54) is 30.3 Å². The summed E-state index contributed by atoms with van der Waals surface area (Å²) < 4.78 is 50.8. The van der Waals surface area contributed by atoms with Gasteiger partial charge in [-0.25, -0.2) is 22.4 Å². The quantitative estimate of drug-likeness (QED) is 0.463. The molecule has 0 saturated carbocycles. The molecule has 0 unspecified atom stereocenters. The molecule has 0 radical (unpaired) electrons. The van der Waals surface area contributed by atoms with Crippen molar-refractivity contribution in [2.75, 3.05) is 4.31 Å². The molecule has 152 valence electrons. The molecule has 0 bridgehead atoms. The van der Waals surface area contributed by atoms with E-state index in [0.29, 0.717) is 9.01 Å². The maximum atomic E-state index is 13.3. The van der Waals surface area contributed by atoms with Gasteiger partial charge in [0.2, 0.25) is 0 Å². The van der Waals surface area contributed by atoms with Crippen LogP contribution in [0.25, 0.3) is 10.3 Å². The van der Waals surface area contributed by atoms with Crippen molar-refractivity contribution in [1.82, 2.24) is 0 Å². The average Bonchev–Trinajstić information content (AvgIpc) is 3.08. The number of carbonyl (C=O) groups is 1. The average molecular weight is 445 g/mol. The number of benzene rings is 3. The molecule has 0 aliphatic carbocycles. The van der Waals surface area contributed by atoms with Crippen molar-refractivity contribution >= 4 is 43.4 Å². The smallest absolute Gasteiger partial charge is 0.414 e. The molecule has 3 aromatic carbocycles. The second kappa shape index (κ2) is 7.73. The highest BCUT2D eigenvalue weighted by Crippen LogP contribution is 2.29.